The molecule has 1 aromatic rings. The second-order valence-corrected chi connectivity index (χ2v) is 3.30. The standard InChI is InChI=1S/C12H17NO/c1-3-13-10(2)4-5-11-6-8-12(14)9-7-11/h4-10,13-14H,3H2,1-2H3/b5-4+. The smallest absolute Gasteiger partial charge is 0.115 e. The van der Waals surface area contributed by atoms with Crippen LogP contribution in [0.3, 0.4) is 0 Å². The zero-order valence-corrected chi connectivity index (χ0v) is 8.70. The minimum atomic E-state index is 0.307. The van der Waals surface area contributed by atoms with Gasteiger partial charge in [0, 0.05) is 6.04 Å². The molecule has 2 nitrogen and oxygen atoms in total. The van der Waals surface area contributed by atoms with E-state index in [1.165, 1.54) is 0 Å². The summed E-state index contributed by atoms with van der Waals surface area (Å²) in [4.78, 5) is 0. The van der Waals surface area contributed by atoms with Crippen molar-refractivity contribution in [2.45, 2.75) is 19.9 Å². The molecular formula is C12H17NO. The van der Waals surface area contributed by atoms with Crippen molar-refractivity contribution in [2.75, 3.05) is 6.54 Å². The third kappa shape index (κ3) is 3.62. The molecule has 0 radical (unpaired) electrons. The lowest BCUT2D eigenvalue weighted by atomic mass is 10.2. The predicted octanol–water partition coefficient (Wildman–Crippen LogP) is 2.40. The Morgan fingerprint density at radius 2 is 2.00 bits per heavy atom. The summed E-state index contributed by atoms with van der Waals surface area (Å²) in [5.74, 6) is 0.307. The van der Waals surface area contributed by atoms with Gasteiger partial charge in [-0.3, -0.25) is 0 Å². The highest BCUT2D eigenvalue weighted by Gasteiger charge is 1.92. The molecule has 0 aliphatic carbocycles. The van der Waals surface area contributed by atoms with Gasteiger partial charge in [0.1, 0.15) is 5.75 Å². The normalized spacial score (nSPS) is 13.3. The average Bonchev–Trinajstić information content (AvgIpc) is 2.17. The monoisotopic (exact) mass is 191 g/mol. The predicted molar refractivity (Wildman–Crippen MR) is 60.3 cm³/mol. The number of phenols is 1. The van der Waals surface area contributed by atoms with Gasteiger partial charge < -0.3 is 10.4 Å². The largest absolute Gasteiger partial charge is 0.508 e. The van der Waals surface area contributed by atoms with E-state index in [1.807, 2.05) is 18.2 Å². The van der Waals surface area contributed by atoms with E-state index in [9.17, 15) is 0 Å². The Hall–Kier alpha value is -1.28. The molecule has 0 heterocycles. The lowest BCUT2D eigenvalue weighted by Gasteiger charge is -2.05. The number of nitrogens with one attached hydrogen (secondary N) is 1. The Balaban J connectivity index is 2.55. The number of benzene rings is 1. The lowest BCUT2D eigenvalue weighted by molar-refractivity contribution is 0.475. The van der Waals surface area contributed by atoms with Crippen LogP contribution >= 0.6 is 0 Å². The maximum Gasteiger partial charge on any atom is 0.115 e. The maximum absolute atomic E-state index is 9.08. The van der Waals surface area contributed by atoms with Gasteiger partial charge in [-0.05, 0) is 31.2 Å². The van der Waals surface area contributed by atoms with Crippen LogP contribution in [0.2, 0.25) is 0 Å². The van der Waals surface area contributed by atoms with Gasteiger partial charge in [0.25, 0.3) is 0 Å². The molecule has 2 heteroatoms. The quantitative estimate of drug-likeness (QED) is 0.766. The van der Waals surface area contributed by atoms with Gasteiger partial charge in [-0.2, -0.15) is 0 Å². The van der Waals surface area contributed by atoms with Crippen molar-refractivity contribution in [3.8, 4) is 5.75 Å². The molecule has 0 saturated heterocycles. The van der Waals surface area contributed by atoms with Gasteiger partial charge in [-0.25, -0.2) is 0 Å². The van der Waals surface area contributed by atoms with Crippen molar-refractivity contribution in [3.05, 3.63) is 35.9 Å². The molecule has 1 unspecified atom stereocenters. The van der Waals surface area contributed by atoms with Gasteiger partial charge in [0.15, 0.2) is 0 Å². The van der Waals surface area contributed by atoms with Crippen LogP contribution in [-0.2, 0) is 0 Å². The Morgan fingerprint density at radius 1 is 1.36 bits per heavy atom. The Bertz CT molecular complexity index is 290. The van der Waals surface area contributed by atoms with Crippen molar-refractivity contribution in [2.24, 2.45) is 0 Å². The summed E-state index contributed by atoms with van der Waals surface area (Å²) in [5.41, 5.74) is 1.10. The number of hydrogen-bond donors (Lipinski definition) is 2. The van der Waals surface area contributed by atoms with E-state index in [4.69, 9.17) is 5.11 Å². The van der Waals surface area contributed by atoms with Crippen LogP contribution in [0.5, 0.6) is 5.75 Å². The molecule has 1 rings (SSSR count). The zero-order chi connectivity index (χ0) is 10.4. The molecule has 0 amide bonds. The summed E-state index contributed by atoms with van der Waals surface area (Å²) in [6.07, 6.45) is 4.16. The molecule has 0 bridgehead atoms. The van der Waals surface area contributed by atoms with Gasteiger partial charge in [-0.15, -0.1) is 0 Å². The summed E-state index contributed by atoms with van der Waals surface area (Å²) in [6.45, 7) is 5.17. The first kappa shape index (κ1) is 10.8. The highest BCUT2D eigenvalue weighted by molar-refractivity contribution is 5.50. The molecule has 2 N–H and O–H groups in total. The van der Waals surface area contributed by atoms with Crippen molar-refractivity contribution in [1.82, 2.24) is 5.32 Å². The van der Waals surface area contributed by atoms with Crippen LogP contribution in [0.15, 0.2) is 30.3 Å². The van der Waals surface area contributed by atoms with E-state index in [0.717, 1.165) is 12.1 Å². The van der Waals surface area contributed by atoms with Crippen molar-refractivity contribution in [1.29, 1.82) is 0 Å². The molecule has 0 fully saturated rings. The fraction of sp³-hybridized carbons (Fsp3) is 0.333. The number of phenolic OH excluding ortho intramolecular Hbond substituents is 1. The number of hydrogen-bond acceptors (Lipinski definition) is 2. The van der Waals surface area contributed by atoms with E-state index >= 15 is 0 Å². The Labute approximate surface area is 85.3 Å². The molecule has 1 atom stereocenters. The van der Waals surface area contributed by atoms with E-state index in [-0.39, 0.29) is 0 Å². The zero-order valence-electron chi connectivity index (χ0n) is 8.70. The summed E-state index contributed by atoms with van der Waals surface area (Å²) in [7, 11) is 0. The minimum absolute atomic E-state index is 0.307. The van der Waals surface area contributed by atoms with Crippen LogP contribution in [0.4, 0.5) is 0 Å². The van der Waals surface area contributed by atoms with Crippen LogP contribution < -0.4 is 5.32 Å². The van der Waals surface area contributed by atoms with Crippen molar-refractivity contribution in [3.63, 3.8) is 0 Å². The third-order valence-electron chi connectivity index (χ3n) is 2.00. The summed E-state index contributed by atoms with van der Waals surface area (Å²) < 4.78 is 0. The second kappa shape index (κ2) is 5.45. The van der Waals surface area contributed by atoms with Gasteiger partial charge in [0.05, 0.1) is 0 Å². The minimum Gasteiger partial charge on any atom is -0.508 e. The highest BCUT2D eigenvalue weighted by atomic mass is 16.3. The number of likely N-dealkylation sites (N-methyl/N-ethyl adjacent to an activating group) is 1. The number of rotatable bonds is 4. The van der Waals surface area contributed by atoms with Crippen molar-refractivity contribution >= 4 is 6.08 Å². The van der Waals surface area contributed by atoms with E-state index < -0.39 is 0 Å². The molecule has 0 aliphatic rings. The highest BCUT2D eigenvalue weighted by Crippen LogP contribution is 2.10. The first-order valence-electron chi connectivity index (χ1n) is 4.93. The van der Waals surface area contributed by atoms with Crippen LogP contribution in [-0.4, -0.2) is 17.7 Å². The Kier molecular flexibility index (Phi) is 4.20. The topological polar surface area (TPSA) is 32.3 Å². The molecule has 0 spiro atoms. The van der Waals surface area contributed by atoms with Gasteiger partial charge >= 0.3 is 0 Å². The van der Waals surface area contributed by atoms with Crippen LogP contribution in [0.25, 0.3) is 6.08 Å². The molecule has 0 saturated carbocycles. The fourth-order valence-electron chi connectivity index (χ4n) is 1.23. The summed E-state index contributed by atoms with van der Waals surface area (Å²) >= 11 is 0. The van der Waals surface area contributed by atoms with Crippen LogP contribution in [0.1, 0.15) is 19.4 Å². The average molecular weight is 191 g/mol. The van der Waals surface area contributed by atoms with Gasteiger partial charge in [0.2, 0.25) is 0 Å². The van der Waals surface area contributed by atoms with Gasteiger partial charge in [-0.1, -0.05) is 31.2 Å². The van der Waals surface area contributed by atoms with E-state index in [2.05, 4.69) is 25.2 Å². The number of aromatic hydroxyl groups is 1. The SMILES string of the molecule is CCNC(C)/C=C/c1ccc(O)cc1. The first-order valence-corrected chi connectivity index (χ1v) is 4.93. The van der Waals surface area contributed by atoms with Crippen LogP contribution in [0, 0.1) is 0 Å². The van der Waals surface area contributed by atoms with E-state index in [1.54, 1.807) is 12.1 Å². The first-order chi connectivity index (χ1) is 6.72. The van der Waals surface area contributed by atoms with E-state index in [0.29, 0.717) is 11.8 Å². The summed E-state index contributed by atoms with van der Waals surface area (Å²) in [6, 6.07) is 7.55. The molecular weight excluding hydrogens is 174 g/mol. The molecule has 0 aromatic heterocycles. The maximum atomic E-state index is 9.08. The van der Waals surface area contributed by atoms with Crippen molar-refractivity contribution < 1.29 is 5.11 Å². The third-order valence-corrected chi connectivity index (χ3v) is 2.00. The summed E-state index contributed by atoms with van der Waals surface area (Å²) in [5, 5.41) is 12.4. The molecule has 0 aliphatic heterocycles. The second-order valence-electron chi connectivity index (χ2n) is 3.30. The fourth-order valence-corrected chi connectivity index (χ4v) is 1.23. The molecule has 76 valence electrons. The molecule has 14 heavy (non-hydrogen) atoms. The molecule has 1 aromatic carbocycles. The Morgan fingerprint density at radius 3 is 2.57 bits per heavy atom. The lowest BCUT2D eigenvalue weighted by Crippen LogP contribution is -2.22.